The number of hydrogen-bond donors (Lipinski definition) is 3. The van der Waals surface area contributed by atoms with Crippen LogP contribution in [0.4, 0.5) is 10.5 Å². The Morgan fingerprint density at radius 2 is 1.58 bits per heavy atom. The highest BCUT2D eigenvalue weighted by molar-refractivity contribution is 7.99. The lowest BCUT2D eigenvalue weighted by atomic mass is 9.53. The number of aromatic nitrogens is 1. The quantitative estimate of drug-likeness (QED) is 0.160. The van der Waals surface area contributed by atoms with Crippen molar-refractivity contribution in [2.75, 3.05) is 11.1 Å². The molecule has 2 heterocycles. The van der Waals surface area contributed by atoms with E-state index in [1.54, 1.807) is 6.07 Å². The standard InChI is InChI=1S/C34H39N3O5S/c38-20-22-4-6-26(7-5-22)30-16-29(21-43-31-3-1-2-12-37(31)40)41-32(42-30)27-8-10-28(11-9-27)35-33(39)36-34-17-23-13-24(18-34)15-25(14-23)19-34/h1-12,23-25,29-30,32,38H,13-21H2,(H2,35,36,39). The van der Waals surface area contributed by atoms with Crippen LogP contribution in [0.1, 0.15) is 74.0 Å². The van der Waals surface area contributed by atoms with Crippen LogP contribution in [0.2, 0.25) is 0 Å². The lowest BCUT2D eigenvalue weighted by molar-refractivity contribution is -0.645. The van der Waals surface area contributed by atoms with Crippen LogP contribution in [0.3, 0.4) is 0 Å². The number of hydrogen-bond acceptors (Lipinski definition) is 6. The van der Waals surface area contributed by atoms with E-state index >= 15 is 0 Å². The van der Waals surface area contributed by atoms with Gasteiger partial charge in [0.25, 0.3) is 5.03 Å². The molecular weight excluding hydrogens is 562 g/mol. The van der Waals surface area contributed by atoms with Gasteiger partial charge < -0.3 is 30.4 Å². The average molecular weight is 602 g/mol. The maximum absolute atomic E-state index is 13.1. The van der Waals surface area contributed by atoms with Crippen LogP contribution in [-0.2, 0) is 16.1 Å². The minimum Gasteiger partial charge on any atom is -0.618 e. The third-order valence-electron chi connectivity index (χ3n) is 9.68. The van der Waals surface area contributed by atoms with Gasteiger partial charge in [0.05, 0.1) is 18.8 Å². The van der Waals surface area contributed by atoms with Gasteiger partial charge in [0, 0.05) is 41.1 Å². The fourth-order valence-electron chi connectivity index (χ4n) is 8.12. The molecule has 0 radical (unpaired) electrons. The molecule has 8 nitrogen and oxygen atoms in total. The maximum Gasteiger partial charge on any atom is 0.319 e. The number of amides is 2. The summed E-state index contributed by atoms with van der Waals surface area (Å²) in [6.45, 7) is -0.00990. The van der Waals surface area contributed by atoms with Crippen molar-refractivity contribution in [3.8, 4) is 0 Å². The molecule has 2 aromatic carbocycles. The van der Waals surface area contributed by atoms with Gasteiger partial charge >= 0.3 is 6.03 Å². The molecule has 1 saturated heterocycles. The zero-order valence-corrected chi connectivity index (χ0v) is 25.0. The second kappa shape index (κ2) is 12.1. The zero-order chi connectivity index (χ0) is 29.4. The normalized spacial score (nSPS) is 31.1. The first-order valence-electron chi connectivity index (χ1n) is 15.4. The van der Waals surface area contributed by atoms with Crippen molar-refractivity contribution in [1.29, 1.82) is 0 Å². The van der Waals surface area contributed by atoms with Crippen molar-refractivity contribution < 1.29 is 24.1 Å². The molecular formula is C34H39N3O5S. The van der Waals surface area contributed by atoms with E-state index in [2.05, 4.69) is 10.6 Å². The monoisotopic (exact) mass is 601 g/mol. The molecule has 4 saturated carbocycles. The largest absolute Gasteiger partial charge is 0.618 e. The zero-order valence-electron chi connectivity index (χ0n) is 24.2. The lowest BCUT2D eigenvalue weighted by Gasteiger charge is -2.56. The van der Waals surface area contributed by atoms with Crippen molar-refractivity contribution in [3.63, 3.8) is 0 Å². The number of thioether (sulfide) groups is 1. The van der Waals surface area contributed by atoms with Gasteiger partial charge in [-0.2, -0.15) is 4.73 Å². The average Bonchev–Trinajstić information content (AvgIpc) is 3.00. The molecule has 1 aliphatic heterocycles. The van der Waals surface area contributed by atoms with Gasteiger partial charge in [0.2, 0.25) is 0 Å². The molecule has 43 heavy (non-hydrogen) atoms. The Morgan fingerprint density at radius 1 is 0.907 bits per heavy atom. The minimum absolute atomic E-state index is 0.00990. The van der Waals surface area contributed by atoms with Crippen LogP contribution in [0.5, 0.6) is 0 Å². The van der Waals surface area contributed by atoms with E-state index < -0.39 is 6.29 Å². The Balaban J connectivity index is 1.02. The summed E-state index contributed by atoms with van der Waals surface area (Å²) in [5.74, 6) is 2.91. The molecule has 0 spiro atoms. The fraction of sp³-hybridized carbons (Fsp3) is 0.471. The lowest BCUT2D eigenvalue weighted by Crippen LogP contribution is -2.60. The van der Waals surface area contributed by atoms with Gasteiger partial charge in [0.15, 0.2) is 12.5 Å². The Bertz CT molecular complexity index is 1400. The van der Waals surface area contributed by atoms with E-state index in [9.17, 15) is 15.1 Å². The minimum atomic E-state index is -0.605. The van der Waals surface area contributed by atoms with Crippen LogP contribution in [-0.4, -0.2) is 28.5 Å². The third-order valence-corrected chi connectivity index (χ3v) is 10.8. The first-order chi connectivity index (χ1) is 20.9. The predicted octanol–water partition coefficient (Wildman–Crippen LogP) is 6.24. The highest BCUT2D eigenvalue weighted by Crippen LogP contribution is 2.55. The van der Waals surface area contributed by atoms with Gasteiger partial charge in [-0.3, -0.25) is 0 Å². The number of nitrogens with zero attached hydrogens (tertiary/aromatic N) is 1. The number of nitrogens with one attached hydrogen (secondary N) is 2. The molecule has 3 unspecified atom stereocenters. The Hall–Kier alpha value is -3.11. The number of benzene rings is 2. The SMILES string of the molecule is O=C(Nc1ccc(C2OC(CSc3cccc[n+]3[O-])CC(c3ccc(CO)cc3)O2)cc1)NC12CC3CC(CC(C3)C1)C2. The van der Waals surface area contributed by atoms with Crippen molar-refractivity contribution in [3.05, 3.63) is 94.8 Å². The Morgan fingerprint density at radius 3 is 2.23 bits per heavy atom. The topological polar surface area (TPSA) is 107 Å². The van der Waals surface area contributed by atoms with Crippen molar-refractivity contribution in [2.45, 2.75) is 80.6 Å². The number of carbonyl (C=O) groups is 1. The maximum atomic E-state index is 13.1. The van der Waals surface area contributed by atoms with Gasteiger partial charge in [-0.05, 0) is 85.6 Å². The van der Waals surface area contributed by atoms with Crippen molar-refractivity contribution in [2.24, 2.45) is 17.8 Å². The smallest absolute Gasteiger partial charge is 0.319 e. The molecule has 3 aromatic rings. The number of rotatable bonds is 8. The highest BCUT2D eigenvalue weighted by atomic mass is 32.2. The van der Waals surface area contributed by atoms with Crippen LogP contribution < -0.4 is 15.4 Å². The number of aliphatic hydroxyl groups is 1. The van der Waals surface area contributed by atoms with Gasteiger partial charge in [-0.1, -0.05) is 48.2 Å². The van der Waals surface area contributed by atoms with Crippen LogP contribution in [0, 0.1) is 23.0 Å². The fourth-order valence-corrected chi connectivity index (χ4v) is 9.05. The second-order valence-corrected chi connectivity index (χ2v) is 14.0. The summed E-state index contributed by atoms with van der Waals surface area (Å²) in [5.41, 5.74) is 3.41. The van der Waals surface area contributed by atoms with E-state index in [1.165, 1.54) is 37.2 Å². The number of aliphatic hydroxyl groups excluding tert-OH is 1. The first-order valence-corrected chi connectivity index (χ1v) is 16.4. The third kappa shape index (κ3) is 6.41. The van der Waals surface area contributed by atoms with Gasteiger partial charge in [-0.15, -0.1) is 0 Å². The summed E-state index contributed by atoms with van der Waals surface area (Å²) < 4.78 is 13.7. The molecule has 4 bridgehead atoms. The van der Waals surface area contributed by atoms with Gasteiger partial charge in [-0.25, -0.2) is 4.79 Å². The molecule has 5 aliphatic rings. The van der Waals surface area contributed by atoms with E-state index in [0.717, 1.165) is 64.1 Å². The summed E-state index contributed by atoms with van der Waals surface area (Å²) in [4.78, 5) is 13.1. The van der Waals surface area contributed by atoms with Crippen LogP contribution >= 0.6 is 11.8 Å². The molecule has 1 aromatic heterocycles. The van der Waals surface area contributed by atoms with Crippen molar-refractivity contribution >= 4 is 23.5 Å². The van der Waals surface area contributed by atoms with Crippen LogP contribution in [0.15, 0.2) is 78.0 Å². The highest BCUT2D eigenvalue weighted by Gasteiger charge is 2.51. The molecule has 2 amide bonds. The van der Waals surface area contributed by atoms with E-state index in [-0.39, 0.29) is 30.4 Å². The summed E-state index contributed by atoms with van der Waals surface area (Å²) in [5, 5.41) is 28.7. The molecule has 226 valence electrons. The molecule has 3 atom stereocenters. The molecule has 8 rings (SSSR count). The van der Waals surface area contributed by atoms with Crippen LogP contribution in [0.25, 0.3) is 0 Å². The molecule has 9 heteroatoms. The number of anilines is 1. The summed E-state index contributed by atoms with van der Waals surface area (Å²) in [6, 6.07) is 20.7. The Kier molecular flexibility index (Phi) is 8.07. The van der Waals surface area contributed by atoms with Gasteiger partial charge in [0.1, 0.15) is 0 Å². The summed E-state index contributed by atoms with van der Waals surface area (Å²) in [7, 11) is 0. The number of ether oxygens (including phenoxy) is 2. The molecule has 3 N–H and O–H groups in total. The number of carbonyl (C=O) groups excluding carboxylic acids is 1. The summed E-state index contributed by atoms with van der Waals surface area (Å²) >= 11 is 1.47. The summed E-state index contributed by atoms with van der Waals surface area (Å²) in [6.07, 6.45) is 8.53. The predicted molar refractivity (Wildman–Crippen MR) is 164 cm³/mol. The molecule has 5 fully saturated rings. The molecule has 4 aliphatic carbocycles. The number of pyridine rings is 1. The second-order valence-electron chi connectivity index (χ2n) is 12.9. The van der Waals surface area contributed by atoms with E-state index in [0.29, 0.717) is 17.2 Å². The van der Waals surface area contributed by atoms with E-state index in [1.807, 2.05) is 60.7 Å². The number of urea groups is 1. The van der Waals surface area contributed by atoms with Crippen molar-refractivity contribution in [1.82, 2.24) is 5.32 Å². The first kappa shape index (κ1) is 28.6. The Labute approximate surface area is 256 Å². The van der Waals surface area contributed by atoms with E-state index in [4.69, 9.17) is 9.47 Å².